The average molecular weight is 290 g/mol. The SMILES string of the molecule is CC1c2ccsc2CCN1Cc1cc(F)ccc1CN. The van der Waals surface area contributed by atoms with Crippen molar-refractivity contribution < 1.29 is 4.39 Å². The Balaban J connectivity index is 1.84. The smallest absolute Gasteiger partial charge is 0.123 e. The summed E-state index contributed by atoms with van der Waals surface area (Å²) in [5, 5.41) is 2.16. The Hall–Kier alpha value is -1.23. The van der Waals surface area contributed by atoms with Crippen LogP contribution in [0.25, 0.3) is 0 Å². The van der Waals surface area contributed by atoms with E-state index in [1.54, 1.807) is 12.1 Å². The zero-order valence-electron chi connectivity index (χ0n) is 11.6. The van der Waals surface area contributed by atoms with Gasteiger partial charge in [-0.2, -0.15) is 0 Å². The Bertz CT molecular complexity index is 608. The summed E-state index contributed by atoms with van der Waals surface area (Å²) in [5.74, 6) is -0.182. The highest BCUT2D eigenvalue weighted by molar-refractivity contribution is 7.10. The Morgan fingerprint density at radius 3 is 3.00 bits per heavy atom. The number of nitrogens with two attached hydrogens (primary N) is 1. The Morgan fingerprint density at radius 2 is 2.20 bits per heavy atom. The van der Waals surface area contributed by atoms with Gasteiger partial charge in [-0.25, -0.2) is 4.39 Å². The number of thiophene rings is 1. The molecule has 1 aromatic heterocycles. The fraction of sp³-hybridized carbons (Fsp3) is 0.375. The minimum absolute atomic E-state index is 0.182. The van der Waals surface area contributed by atoms with Crippen LogP contribution < -0.4 is 5.73 Å². The van der Waals surface area contributed by atoms with Gasteiger partial charge in [-0.1, -0.05) is 6.07 Å². The second kappa shape index (κ2) is 5.64. The van der Waals surface area contributed by atoms with E-state index in [1.165, 1.54) is 16.5 Å². The molecule has 106 valence electrons. The lowest BCUT2D eigenvalue weighted by Crippen LogP contribution is -2.33. The molecule has 3 rings (SSSR count). The molecule has 0 fully saturated rings. The predicted molar refractivity (Wildman–Crippen MR) is 81.1 cm³/mol. The van der Waals surface area contributed by atoms with Gasteiger partial charge in [-0.3, -0.25) is 4.90 Å². The maximum absolute atomic E-state index is 13.5. The summed E-state index contributed by atoms with van der Waals surface area (Å²) in [4.78, 5) is 3.90. The van der Waals surface area contributed by atoms with Gasteiger partial charge in [0, 0.05) is 30.6 Å². The van der Waals surface area contributed by atoms with Crippen LogP contribution in [0.15, 0.2) is 29.6 Å². The van der Waals surface area contributed by atoms with Gasteiger partial charge in [-0.05, 0) is 53.6 Å². The van der Waals surface area contributed by atoms with Crippen molar-refractivity contribution in [2.75, 3.05) is 6.54 Å². The first-order valence-electron chi connectivity index (χ1n) is 6.96. The first kappa shape index (κ1) is 13.7. The number of halogens is 1. The van der Waals surface area contributed by atoms with E-state index >= 15 is 0 Å². The Morgan fingerprint density at radius 1 is 1.35 bits per heavy atom. The fourth-order valence-electron chi connectivity index (χ4n) is 2.94. The number of fused-ring (bicyclic) bond motifs is 1. The molecular formula is C16H19FN2S. The van der Waals surface area contributed by atoms with Crippen molar-refractivity contribution in [3.8, 4) is 0 Å². The van der Waals surface area contributed by atoms with E-state index < -0.39 is 0 Å². The van der Waals surface area contributed by atoms with Gasteiger partial charge in [0.05, 0.1) is 0 Å². The number of benzene rings is 1. The molecule has 1 unspecified atom stereocenters. The lowest BCUT2D eigenvalue weighted by Gasteiger charge is -2.34. The van der Waals surface area contributed by atoms with Crippen LogP contribution in [0.4, 0.5) is 4.39 Å². The molecule has 1 atom stereocenters. The molecule has 0 bridgehead atoms. The van der Waals surface area contributed by atoms with Crippen LogP contribution in [-0.4, -0.2) is 11.4 Å². The molecule has 0 aliphatic carbocycles. The highest BCUT2D eigenvalue weighted by Crippen LogP contribution is 2.34. The summed E-state index contributed by atoms with van der Waals surface area (Å²) in [7, 11) is 0. The summed E-state index contributed by atoms with van der Waals surface area (Å²) in [6.45, 7) is 4.48. The van der Waals surface area contributed by atoms with E-state index in [2.05, 4.69) is 23.3 Å². The zero-order chi connectivity index (χ0) is 14.1. The standard InChI is InChI=1S/C16H19FN2S/c1-11-15-5-7-20-16(15)4-6-19(11)10-13-8-14(17)3-2-12(13)9-18/h2-3,5,7-8,11H,4,6,9-10,18H2,1H3. The third-order valence-corrected chi connectivity index (χ3v) is 5.16. The number of rotatable bonds is 3. The Kier molecular flexibility index (Phi) is 3.87. The molecule has 2 nitrogen and oxygen atoms in total. The van der Waals surface area contributed by atoms with E-state index in [9.17, 15) is 4.39 Å². The molecule has 4 heteroatoms. The van der Waals surface area contributed by atoms with Gasteiger partial charge < -0.3 is 5.73 Å². The minimum Gasteiger partial charge on any atom is -0.326 e. The first-order chi connectivity index (χ1) is 9.69. The molecule has 0 radical (unpaired) electrons. The molecule has 2 aromatic rings. The van der Waals surface area contributed by atoms with Crippen LogP contribution in [0.2, 0.25) is 0 Å². The average Bonchev–Trinajstić information content (AvgIpc) is 2.91. The molecule has 1 aliphatic rings. The summed E-state index contributed by atoms with van der Waals surface area (Å²) in [6, 6.07) is 7.51. The van der Waals surface area contributed by atoms with Crippen molar-refractivity contribution in [2.45, 2.75) is 32.5 Å². The number of hydrogen-bond donors (Lipinski definition) is 1. The van der Waals surface area contributed by atoms with Gasteiger partial charge in [0.2, 0.25) is 0 Å². The molecule has 2 heterocycles. The molecule has 2 N–H and O–H groups in total. The van der Waals surface area contributed by atoms with Crippen molar-refractivity contribution in [1.29, 1.82) is 0 Å². The third kappa shape index (κ3) is 2.51. The monoisotopic (exact) mass is 290 g/mol. The van der Waals surface area contributed by atoms with Crippen LogP contribution in [0.1, 0.15) is 34.5 Å². The molecule has 20 heavy (non-hydrogen) atoms. The molecular weight excluding hydrogens is 271 g/mol. The van der Waals surface area contributed by atoms with Gasteiger partial charge in [0.15, 0.2) is 0 Å². The fourth-order valence-corrected chi connectivity index (χ4v) is 3.90. The van der Waals surface area contributed by atoms with Gasteiger partial charge >= 0.3 is 0 Å². The second-order valence-corrected chi connectivity index (χ2v) is 6.31. The number of nitrogens with zero attached hydrogens (tertiary/aromatic N) is 1. The van der Waals surface area contributed by atoms with Gasteiger partial charge in [0.25, 0.3) is 0 Å². The van der Waals surface area contributed by atoms with E-state index in [4.69, 9.17) is 5.73 Å². The second-order valence-electron chi connectivity index (χ2n) is 5.31. The van der Waals surface area contributed by atoms with E-state index in [-0.39, 0.29) is 5.82 Å². The van der Waals surface area contributed by atoms with Gasteiger partial charge in [0.1, 0.15) is 5.82 Å². The zero-order valence-corrected chi connectivity index (χ0v) is 12.4. The van der Waals surface area contributed by atoms with Crippen LogP contribution in [0, 0.1) is 5.82 Å². The van der Waals surface area contributed by atoms with Crippen molar-refractivity contribution in [3.63, 3.8) is 0 Å². The first-order valence-corrected chi connectivity index (χ1v) is 7.84. The molecule has 0 saturated heterocycles. The lowest BCUT2D eigenvalue weighted by atomic mass is 9.99. The maximum atomic E-state index is 13.5. The molecule has 0 saturated carbocycles. The summed E-state index contributed by atoms with van der Waals surface area (Å²) in [5.41, 5.74) is 9.23. The van der Waals surface area contributed by atoms with Crippen molar-refractivity contribution >= 4 is 11.3 Å². The summed E-state index contributed by atoms with van der Waals surface area (Å²) >= 11 is 1.84. The minimum atomic E-state index is -0.182. The molecule has 1 aliphatic heterocycles. The van der Waals surface area contributed by atoms with E-state index in [0.29, 0.717) is 12.6 Å². The quantitative estimate of drug-likeness (QED) is 0.938. The van der Waals surface area contributed by atoms with Crippen LogP contribution >= 0.6 is 11.3 Å². The molecule has 0 amide bonds. The highest BCUT2D eigenvalue weighted by atomic mass is 32.1. The van der Waals surface area contributed by atoms with E-state index in [1.807, 2.05) is 11.3 Å². The van der Waals surface area contributed by atoms with E-state index in [0.717, 1.165) is 30.6 Å². The normalized spacial score (nSPS) is 19.1. The highest BCUT2D eigenvalue weighted by Gasteiger charge is 2.25. The molecule has 0 spiro atoms. The predicted octanol–water partition coefficient (Wildman–Crippen LogP) is 3.47. The molecule has 1 aromatic carbocycles. The summed E-state index contributed by atoms with van der Waals surface area (Å²) in [6.07, 6.45) is 1.09. The van der Waals surface area contributed by atoms with Crippen LogP contribution in [0.3, 0.4) is 0 Å². The van der Waals surface area contributed by atoms with Gasteiger partial charge in [-0.15, -0.1) is 11.3 Å². The maximum Gasteiger partial charge on any atom is 0.123 e. The third-order valence-electron chi connectivity index (χ3n) is 4.17. The lowest BCUT2D eigenvalue weighted by molar-refractivity contribution is 0.190. The van der Waals surface area contributed by atoms with Crippen molar-refractivity contribution in [3.05, 3.63) is 57.0 Å². The van der Waals surface area contributed by atoms with Crippen molar-refractivity contribution in [1.82, 2.24) is 4.90 Å². The largest absolute Gasteiger partial charge is 0.326 e. The number of hydrogen-bond acceptors (Lipinski definition) is 3. The van der Waals surface area contributed by atoms with Crippen molar-refractivity contribution in [2.24, 2.45) is 5.73 Å². The Labute approximate surface area is 123 Å². The van der Waals surface area contributed by atoms with Crippen LogP contribution in [0.5, 0.6) is 0 Å². The van der Waals surface area contributed by atoms with Crippen LogP contribution in [-0.2, 0) is 19.5 Å². The summed E-state index contributed by atoms with van der Waals surface area (Å²) < 4.78 is 13.5. The topological polar surface area (TPSA) is 29.3 Å².